The lowest BCUT2D eigenvalue weighted by atomic mass is 10.1. The van der Waals surface area contributed by atoms with E-state index in [0.29, 0.717) is 21.7 Å². The van der Waals surface area contributed by atoms with Crippen molar-refractivity contribution in [2.24, 2.45) is 0 Å². The van der Waals surface area contributed by atoms with E-state index in [2.05, 4.69) is 9.80 Å². The Morgan fingerprint density at radius 2 is 1.61 bits per heavy atom. The quantitative estimate of drug-likeness (QED) is 0.773. The molecule has 0 aromatic heterocycles. The van der Waals surface area contributed by atoms with E-state index in [-0.39, 0.29) is 5.91 Å². The van der Waals surface area contributed by atoms with E-state index < -0.39 is 0 Å². The Hall–Kier alpha value is -1.95. The Bertz CT molecular complexity index is 850. The maximum absolute atomic E-state index is 12.7. The van der Waals surface area contributed by atoms with Crippen molar-refractivity contribution in [3.8, 4) is 0 Å². The normalized spacial score (nSPS) is 20.6. The number of anilines is 2. The Morgan fingerprint density at radius 1 is 0.929 bits per heavy atom. The molecule has 2 aromatic rings. The standard InChI is InChI=1S/C21H24Cl2N4O/c22-16-3-1-15(2-4-16)21(28)26-11-9-25(10-12-26)18-7-8-27(14-18)20-6-5-17(23)13-19(20)24/h1-6,13,18H,7-12,14,24H2. The summed E-state index contributed by atoms with van der Waals surface area (Å²) in [5.41, 5.74) is 8.63. The van der Waals surface area contributed by atoms with Gasteiger partial charge in [-0.2, -0.15) is 0 Å². The molecule has 5 nitrogen and oxygen atoms in total. The fraction of sp³-hybridized carbons (Fsp3) is 0.381. The van der Waals surface area contributed by atoms with Crippen LogP contribution in [0.5, 0.6) is 0 Å². The summed E-state index contributed by atoms with van der Waals surface area (Å²) in [7, 11) is 0. The zero-order valence-corrected chi connectivity index (χ0v) is 17.2. The molecule has 2 aliphatic heterocycles. The Labute approximate surface area is 175 Å². The number of hydrogen-bond donors (Lipinski definition) is 1. The van der Waals surface area contributed by atoms with Crippen molar-refractivity contribution in [2.45, 2.75) is 12.5 Å². The van der Waals surface area contributed by atoms with Gasteiger partial charge in [-0.25, -0.2) is 0 Å². The lowest BCUT2D eigenvalue weighted by Gasteiger charge is -2.38. The minimum atomic E-state index is 0.0818. The van der Waals surface area contributed by atoms with E-state index in [0.717, 1.165) is 57.1 Å². The molecule has 0 saturated carbocycles. The van der Waals surface area contributed by atoms with Crippen molar-refractivity contribution in [1.82, 2.24) is 9.80 Å². The molecule has 1 amide bonds. The summed E-state index contributed by atoms with van der Waals surface area (Å²) in [4.78, 5) is 19.4. The molecule has 0 bridgehead atoms. The molecular formula is C21H24Cl2N4O. The minimum Gasteiger partial charge on any atom is -0.397 e. The van der Waals surface area contributed by atoms with Crippen LogP contribution in [0, 0.1) is 0 Å². The van der Waals surface area contributed by atoms with E-state index in [1.54, 1.807) is 24.3 Å². The maximum Gasteiger partial charge on any atom is 0.253 e. The molecular weight excluding hydrogens is 395 g/mol. The number of hydrogen-bond acceptors (Lipinski definition) is 4. The summed E-state index contributed by atoms with van der Waals surface area (Å²) >= 11 is 11.9. The van der Waals surface area contributed by atoms with Crippen molar-refractivity contribution < 1.29 is 4.79 Å². The van der Waals surface area contributed by atoms with Crippen molar-refractivity contribution in [2.75, 3.05) is 49.9 Å². The lowest BCUT2D eigenvalue weighted by molar-refractivity contribution is 0.0585. The molecule has 2 heterocycles. The van der Waals surface area contributed by atoms with E-state index >= 15 is 0 Å². The molecule has 2 aromatic carbocycles. The van der Waals surface area contributed by atoms with Gasteiger partial charge in [-0.3, -0.25) is 9.69 Å². The topological polar surface area (TPSA) is 52.8 Å². The molecule has 7 heteroatoms. The van der Waals surface area contributed by atoms with E-state index in [4.69, 9.17) is 28.9 Å². The summed E-state index contributed by atoms with van der Waals surface area (Å²) < 4.78 is 0. The molecule has 1 atom stereocenters. The number of nitrogen functional groups attached to an aromatic ring is 1. The van der Waals surface area contributed by atoms with Crippen LogP contribution in [-0.4, -0.2) is 61.0 Å². The SMILES string of the molecule is Nc1cc(Cl)ccc1N1CCC(N2CCN(C(=O)c3ccc(Cl)cc3)CC2)C1. The number of nitrogens with two attached hydrogens (primary N) is 1. The highest BCUT2D eigenvalue weighted by Crippen LogP contribution is 2.30. The fourth-order valence-electron chi connectivity index (χ4n) is 4.14. The number of piperazine rings is 1. The average molecular weight is 419 g/mol. The second kappa shape index (κ2) is 8.19. The molecule has 2 saturated heterocycles. The molecule has 1 unspecified atom stereocenters. The second-order valence-electron chi connectivity index (χ2n) is 7.43. The molecule has 0 aliphatic carbocycles. The van der Waals surface area contributed by atoms with Crippen LogP contribution in [0.4, 0.5) is 11.4 Å². The Kier molecular flexibility index (Phi) is 5.67. The van der Waals surface area contributed by atoms with Crippen molar-refractivity contribution in [3.63, 3.8) is 0 Å². The zero-order chi connectivity index (χ0) is 19.7. The van der Waals surface area contributed by atoms with Crippen LogP contribution in [-0.2, 0) is 0 Å². The Morgan fingerprint density at radius 3 is 2.29 bits per heavy atom. The molecule has 2 N–H and O–H groups in total. The smallest absolute Gasteiger partial charge is 0.253 e. The third kappa shape index (κ3) is 4.07. The third-order valence-electron chi connectivity index (χ3n) is 5.70. The summed E-state index contributed by atoms with van der Waals surface area (Å²) in [6.45, 7) is 5.24. The largest absolute Gasteiger partial charge is 0.397 e. The van der Waals surface area contributed by atoms with Crippen molar-refractivity contribution in [1.29, 1.82) is 0 Å². The molecule has 28 heavy (non-hydrogen) atoms. The Balaban J connectivity index is 1.33. The number of carbonyl (C=O) groups excluding carboxylic acids is 1. The lowest BCUT2D eigenvalue weighted by Crippen LogP contribution is -2.52. The van der Waals surface area contributed by atoms with Crippen LogP contribution in [0.2, 0.25) is 10.0 Å². The van der Waals surface area contributed by atoms with E-state index in [1.807, 2.05) is 23.1 Å². The number of rotatable bonds is 3. The fourth-order valence-corrected chi connectivity index (χ4v) is 4.44. The predicted octanol–water partition coefficient (Wildman–Crippen LogP) is 3.61. The number of halogens is 2. The highest BCUT2D eigenvalue weighted by molar-refractivity contribution is 6.31. The van der Waals surface area contributed by atoms with Gasteiger partial charge in [0.15, 0.2) is 0 Å². The number of nitrogens with zero attached hydrogens (tertiary/aromatic N) is 3. The van der Waals surface area contributed by atoms with Crippen molar-refractivity contribution >= 4 is 40.5 Å². The zero-order valence-electron chi connectivity index (χ0n) is 15.7. The molecule has 148 valence electrons. The van der Waals surface area contributed by atoms with Crippen molar-refractivity contribution in [3.05, 3.63) is 58.1 Å². The minimum absolute atomic E-state index is 0.0818. The van der Waals surface area contributed by atoms with Gasteiger partial charge < -0.3 is 15.5 Å². The molecule has 2 fully saturated rings. The van der Waals surface area contributed by atoms with Gasteiger partial charge in [0.25, 0.3) is 5.91 Å². The maximum atomic E-state index is 12.7. The van der Waals surface area contributed by atoms with Gasteiger partial charge in [-0.1, -0.05) is 23.2 Å². The van der Waals surface area contributed by atoms with Gasteiger partial charge in [-0.15, -0.1) is 0 Å². The van der Waals surface area contributed by atoms with Crippen LogP contribution < -0.4 is 10.6 Å². The van der Waals surface area contributed by atoms with Gasteiger partial charge in [0, 0.05) is 60.9 Å². The molecule has 0 radical (unpaired) electrons. The van der Waals surface area contributed by atoms with Crippen LogP contribution >= 0.6 is 23.2 Å². The first-order valence-corrected chi connectivity index (χ1v) is 10.4. The summed E-state index contributed by atoms with van der Waals surface area (Å²) in [5.74, 6) is 0.0818. The number of amides is 1. The van der Waals surface area contributed by atoms with Gasteiger partial charge in [0.1, 0.15) is 0 Å². The van der Waals surface area contributed by atoms with Crippen LogP contribution in [0.15, 0.2) is 42.5 Å². The molecule has 0 spiro atoms. The highest BCUT2D eigenvalue weighted by Gasteiger charge is 2.31. The van der Waals surface area contributed by atoms with Crippen LogP contribution in [0.3, 0.4) is 0 Å². The number of benzene rings is 2. The first-order chi connectivity index (χ1) is 13.5. The third-order valence-corrected chi connectivity index (χ3v) is 6.19. The highest BCUT2D eigenvalue weighted by atomic mass is 35.5. The van der Waals surface area contributed by atoms with Gasteiger partial charge in [0.05, 0.1) is 11.4 Å². The first kappa shape index (κ1) is 19.4. The molecule has 4 rings (SSSR count). The predicted molar refractivity (Wildman–Crippen MR) is 115 cm³/mol. The summed E-state index contributed by atoms with van der Waals surface area (Å²) in [6, 6.07) is 13.3. The van der Waals surface area contributed by atoms with E-state index in [1.165, 1.54) is 0 Å². The second-order valence-corrected chi connectivity index (χ2v) is 8.30. The summed E-state index contributed by atoms with van der Waals surface area (Å²) in [6.07, 6.45) is 1.10. The summed E-state index contributed by atoms with van der Waals surface area (Å²) in [5, 5.41) is 1.31. The first-order valence-electron chi connectivity index (χ1n) is 9.60. The number of carbonyl (C=O) groups is 1. The average Bonchev–Trinajstić information content (AvgIpc) is 3.18. The monoisotopic (exact) mass is 418 g/mol. The molecule has 2 aliphatic rings. The van der Waals surface area contributed by atoms with E-state index in [9.17, 15) is 4.79 Å². The van der Waals surface area contributed by atoms with Gasteiger partial charge >= 0.3 is 0 Å². The van der Waals surface area contributed by atoms with Crippen LogP contribution in [0.1, 0.15) is 16.8 Å². The van der Waals surface area contributed by atoms with Crippen LogP contribution in [0.25, 0.3) is 0 Å². The van der Waals surface area contributed by atoms with Gasteiger partial charge in [-0.05, 0) is 48.9 Å². The van der Waals surface area contributed by atoms with Gasteiger partial charge in [0.2, 0.25) is 0 Å².